The van der Waals surface area contributed by atoms with E-state index in [4.69, 9.17) is 21.6 Å². The Morgan fingerprint density at radius 2 is 1.72 bits per heavy atom. The Bertz CT molecular complexity index is 981. The number of esters is 1. The van der Waals surface area contributed by atoms with Gasteiger partial charge in [0.15, 0.2) is 6.61 Å². The number of anilines is 1. The molecule has 0 aromatic heterocycles. The summed E-state index contributed by atoms with van der Waals surface area (Å²) in [7, 11) is 0. The third-order valence-electron chi connectivity index (χ3n) is 5.36. The van der Waals surface area contributed by atoms with Gasteiger partial charge in [-0.1, -0.05) is 29.8 Å². The topological polar surface area (TPSA) is 90.7 Å². The highest BCUT2D eigenvalue weighted by Crippen LogP contribution is 2.21. The van der Waals surface area contributed by atoms with E-state index in [9.17, 15) is 14.4 Å². The predicted molar refractivity (Wildman–Crippen MR) is 120 cm³/mol. The zero-order chi connectivity index (χ0) is 22.9. The molecular formula is C24H24ClN3O4. The minimum absolute atomic E-state index is 0.0975. The van der Waals surface area contributed by atoms with Gasteiger partial charge in [0.2, 0.25) is 0 Å². The van der Waals surface area contributed by atoms with Gasteiger partial charge in [0.05, 0.1) is 18.4 Å². The zero-order valence-corrected chi connectivity index (χ0v) is 18.3. The molecule has 1 fully saturated rings. The Morgan fingerprint density at radius 3 is 2.34 bits per heavy atom. The summed E-state index contributed by atoms with van der Waals surface area (Å²) in [5.41, 5.74) is 1.21. The van der Waals surface area contributed by atoms with Crippen molar-refractivity contribution in [2.24, 2.45) is 5.92 Å². The molecule has 0 unspecified atom stereocenters. The maximum Gasteiger partial charge on any atom is 0.309 e. The smallest absolute Gasteiger partial charge is 0.309 e. The van der Waals surface area contributed by atoms with Gasteiger partial charge in [-0.2, -0.15) is 5.26 Å². The molecule has 0 saturated carbocycles. The molecular weight excluding hydrogens is 430 g/mol. The van der Waals surface area contributed by atoms with E-state index >= 15 is 0 Å². The second-order valence-electron chi connectivity index (χ2n) is 7.47. The highest BCUT2D eigenvalue weighted by molar-refractivity contribution is 6.30. The first-order valence-electron chi connectivity index (χ1n) is 10.4. The molecule has 3 rings (SSSR count). The maximum absolute atomic E-state index is 12.6. The van der Waals surface area contributed by atoms with Crippen LogP contribution in [0.4, 0.5) is 5.69 Å². The highest BCUT2D eigenvalue weighted by Gasteiger charge is 2.29. The Kier molecular flexibility index (Phi) is 8.23. The van der Waals surface area contributed by atoms with Crippen molar-refractivity contribution in [2.75, 3.05) is 31.1 Å². The van der Waals surface area contributed by atoms with E-state index in [1.54, 1.807) is 53.4 Å². The number of hydrogen-bond donors (Lipinski definition) is 0. The average Bonchev–Trinajstić information content (AvgIpc) is 2.83. The molecule has 1 aliphatic heterocycles. The van der Waals surface area contributed by atoms with Crippen LogP contribution in [0.5, 0.6) is 0 Å². The van der Waals surface area contributed by atoms with Crippen molar-refractivity contribution in [3.05, 3.63) is 65.2 Å². The van der Waals surface area contributed by atoms with E-state index < -0.39 is 5.97 Å². The zero-order valence-electron chi connectivity index (χ0n) is 17.6. The van der Waals surface area contributed by atoms with Crippen LogP contribution >= 0.6 is 11.6 Å². The summed E-state index contributed by atoms with van der Waals surface area (Å²) in [6.07, 6.45) is 1.13. The van der Waals surface area contributed by atoms with Crippen LogP contribution in [0.1, 0.15) is 29.6 Å². The highest BCUT2D eigenvalue weighted by atomic mass is 35.5. The number of nitrogens with zero attached hydrogens (tertiary/aromatic N) is 3. The number of ether oxygens (including phenoxy) is 1. The number of carbonyl (C=O) groups is 3. The Balaban J connectivity index is 1.50. The SMILES string of the molecule is N#CCCN(C(=O)COC(=O)C1CCN(C(=O)c2ccc(Cl)cc2)CC1)c1ccccc1. The number of para-hydroxylation sites is 1. The van der Waals surface area contributed by atoms with Crippen molar-refractivity contribution in [1.82, 2.24) is 4.90 Å². The Labute approximate surface area is 192 Å². The molecule has 2 aromatic rings. The third-order valence-corrected chi connectivity index (χ3v) is 5.61. The van der Waals surface area contributed by atoms with Gasteiger partial charge in [0.1, 0.15) is 0 Å². The Hall–Kier alpha value is -3.37. The van der Waals surface area contributed by atoms with Crippen LogP contribution in [0.3, 0.4) is 0 Å². The fourth-order valence-corrected chi connectivity index (χ4v) is 3.72. The number of likely N-dealkylation sites (tertiary alicyclic amines) is 1. The van der Waals surface area contributed by atoms with E-state index in [0.717, 1.165) is 0 Å². The van der Waals surface area contributed by atoms with E-state index in [2.05, 4.69) is 0 Å². The molecule has 0 N–H and O–H groups in total. The van der Waals surface area contributed by atoms with Crippen LogP contribution in [0, 0.1) is 17.2 Å². The largest absolute Gasteiger partial charge is 0.455 e. The monoisotopic (exact) mass is 453 g/mol. The average molecular weight is 454 g/mol. The predicted octanol–water partition coefficient (Wildman–Crippen LogP) is 3.68. The quantitative estimate of drug-likeness (QED) is 0.596. The van der Waals surface area contributed by atoms with Gasteiger partial charge in [-0.15, -0.1) is 0 Å². The molecule has 2 aromatic carbocycles. The molecule has 0 atom stereocenters. The lowest BCUT2D eigenvalue weighted by atomic mass is 9.96. The van der Waals surface area contributed by atoms with E-state index in [1.807, 2.05) is 12.1 Å². The minimum Gasteiger partial charge on any atom is -0.455 e. The summed E-state index contributed by atoms with van der Waals surface area (Å²) >= 11 is 5.87. The number of piperidine rings is 1. The number of hydrogen-bond acceptors (Lipinski definition) is 5. The molecule has 0 bridgehead atoms. The number of nitriles is 1. The van der Waals surface area contributed by atoms with Crippen LogP contribution in [0.2, 0.25) is 5.02 Å². The van der Waals surface area contributed by atoms with Gasteiger partial charge in [-0.25, -0.2) is 0 Å². The second-order valence-corrected chi connectivity index (χ2v) is 7.91. The van der Waals surface area contributed by atoms with E-state index in [0.29, 0.717) is 42.2 Å². The molecule has 0 radical (unpaired) electrons. The van der Waals surface area contributed by atoms with Crippen molar-refractivity contribution in [2.45, 2.75) is 19.3 Å². The minimum atomic E-state index is -0.440. The number of carbonyl (C=O) groups excluding carboxylic acids is 3. The summed E-state index contributed by atoms with van der Waals surface area (Å²) in [5, 5.41) is 9.44. The Morgan fingerprint density at radius 1 is 1.06 bits per heavy atom. The molecule has 1 aliphatic rings. The lowest BCUT2D eigenvalue weighted by molar-refractivity contribution is -0.153. The molecule has 32 heavy (non-hydrogen) atoms. The van der Waals surface area contributed by atoms with Crippen LogP contribution in [-0.4, -0.2) is 48.9 Å². The van der Waals surface area contributed by atoms with Crippen molar-refractivity contribution >= 4 is 35.1 Å². The van der Waals surface area contributed by atoms with Crippen molar-refractivity contribution in [3.63, 3.8) is 0 Å². The first-order chi connectivity index (χ1) is 15.5. The molecule has 2 amide bonds. The van der Waals surface area contributed by atoms with Gasteiger partial charge in [-0.05, 0) is 49.2 Å². The summed E-state index contributed by atoms with van der Waals surface area (Å²) in [4.78, 5) is 40.9. The fraction of sp³-hybridized carbons (Fsp3) is 0.333. The van der Waals surface area contributed by atoms with Gasteiger partial charge in [0, 0.05) is 35.9 Å². The first kappa shape index (κ1) is 23.3. The maximum atomic E-state index is 12.6. The van der Waals surface area contributed by atoms with Crippen LogP contribution in [0.15, 0.2) is 54.6 Å². The number of rotatable bonds is 7. The fourth-order valence-electron chi connectivity index (χ4n) is 3.59. The number of benzene rings is 2. The standard InChI is InChI=1S/C24H24ClN3O4/c25-20-9-7-18(8-10-20)23(30)27-15-11-19(12-16-27)24(31)32-17-22(29)28(14-4-13-26)21-5-2-1-3-6-21/h1-3,5-10,19H,4,11-12,14-17H2. The van der Waals surface area contributed by atoms with Gasteiger partial charge < -0.3 is 14.5 Å². The van der Waals surface area contributed by atoms with Crippen LogP contribution < -0.4 is 4.90 Å². The molecule has 8 heteroatoms. The van der Waals surface area contributed by atoms with Crippen molar-refractivity contribution < 1.29 is 19.1 Å². The van der Waals surface area contributed by atoms with Gasteiger partial charge in [0.25, 0.3) is 11.8 Å². The first-order valence-corrected chi connectivity index (χ1v) is 10.8. The molecule has 0 aliphatic carbocycles. The molecule has 166 valence electrons. The molecule has 7 nitrogen and oxygen atoms in total. The van der Waals surface area contributed by atoms with Crippen molar-refractivity contribution in [1.29, 1.82) is 5.26 Å². The number of halogens is 1. The summed E-state index contributed by atoms with van der Waals surface area (Å²) in [6.45, 7) is 0.714. The second kappa shape index (κ2) is 11.3. The van der Waals surface area contributed by atoms with Crippen LogP contribution in [0.25, 0.3) is 0 Å². The lowest BCUT2D eigenvalue weighted by Crippen LogP contribution is -2.41. The van der Waals surface area contributed by atoms with Gasteiger partial charge >= 0.3 is 5.97 Å². The summed E-state index contributed by atoms with van der Waals surface area (Å²) in [5.74, 6) is -1.28. The lowest BCUT2D eigenvalue weighted by Gasteiger charge is -2.31. The number of amides is 2. The summed E-state index contributed by atoms with van der Waals surface area (Å²) < 4.78 is 5.29. The molecule has 1 heterocycles. The van der Waals surface area contributed by atoms with E-state index in [1.165, 1.54) is 4.90 Å². The summed E-state index contributed by atoms with van der Waals surface area (Å²) in [6, 6.07) is 17.7. The normalized spacial score (nSPS) is 13.8. The molecule has 1 saturated heterocycles. The van der Waals surface area contributed by atoms with Crippen molar-refractivity contribution in [3.8, 4) is 6.07 Å². The van der Waals surface area contributed by atoms with E-state index in [-0.39, 0.29) is 37.3 Å². The third kappa shape index (κ3) is 6.08. The van der Waals surface area contributed by atoms with Gasteiger partial charge in [-0.3, -0.25) is 14.4 Å². The molecule has 0 spiro atoms. The van der Waals surface area contributed by atoms with Crippen LogP contribution in [-0.2, 0) is 14.3 Å².